The molecule has 0 bridgehead atoms. The normalized spacial score (nSPS) is 10.7. The Kier molecular flexibility index (Phi) is 3.73. The van der Waals surface area contributed by atoms with Crippen molar-refractivity contribution in [2.75, 3.05) is 5.32 Å². The number of furan rings is 1. The van der Waals surface area contributed by atoms with E-state index in [1.807, 2.05) is 18.2 Å². The summed E-state index contributed by atoms with van der Waals surface area (Å²) in [5.74, 6) is 1.73. The molecule has 22 heavy (non-hydrogen) atoms. The average molecular weight is 317 g/mol. The summed E-state index contributed by atoms with van der Waals surface area (Å²) in [6.07, 6.45) is 0. The predicted octanol–water partition coefficient (Wildman–Crippen LogP) is 4.46. The molecule has 0 unspecified atom stereocenters. The minimum atomic E-state index is -0.312. The van der Waals surface area contributed by atoms with Crippen molar-refractivity contribution < 1.29 is 13.7 Å². The smallest absolute Gasteiger partial charge is 0.260 e. The lowest BCUT2D eigenvalue weighted by atomic mass is 10.1. The van der Waals surface area contributed by atoms with Crippen LogP contribution in [0.25, 0.3) is 11.3 Å². The van der Waals surface area contributed by atoms with E-state index >= 15 is 0 Å². The van der Waals surface area contributed by atoms with Crippen molar-refractivity contribution in [2.24, 2.45) is 0 Å². The van der Waals surface area contributed by atoms with Crippen LogP contribution in [0.3, 0.4) is 0 Å². The first kappa shape index (κ1) is 14.4. The van der Waals surface area contributed by atoms with E-state index < -0.39 is 0 Å². The van der Waals surface area contributed by atoms with Gasteiger partial charge in [0.05, 0.1) is 10.6 Å². The van der Waals surface area contributed by atoms with Gasteiger partial charge in [0.1, 0.15) is 17.3 Å². The number of aromatic nitrogens is 1. The zero-order valence-corrected chi connectivity index (χ0v) is 12.8. The van der Waals surface area contributed by atoms with Crippen molar-refractivity contribution in [3.05, 3.63) is 58.5 Å². The van der Waals surface area contributed by atoms with Crippen LogP contribution in [0.15, 0.2) is 45.3 Å². The van der Waals surface area contributed by atoms with E-state index in [1.165, 1.54) is 0 Å². The van der Waals surface area contributed by atoms with Gasteiger partial charge in [-0.3, -0.25) is 4.79 Å². The summed E-state index contributed by atoms with van der Waals surface area (Å²) in [5, 5.41) is 6.96. The molecule has 0 aliphatic rings. The first-order chi connectivity index (χ1) is 10.5. The van der Waals surface area contributed by atoms with Gasteiger partial charge in [0.2, 0.25) is 0 Å². The number of benzene rings is 1. The van der Waals surface area contributed by atoms with Gasteiger partial charge < -0.3 is 14.3 Å². The Morgan fingerprint density at radius 3 is 2.68 bits per heavy atom. The molecule has 0 radical (unpaired) electrons. The number of nitrogens with zero attached hydrogens (tertiary/aromatic N) is 1. The highest BCUT2D eigenvalue weighted by Gasteiger charge is 2.18. The maximum atomic E-state index is 12.3. The lowest BCUT2D eigenvalue weighted by molar-refractivity contribution is 0.102. The summed E-state index contributed by atoms with van der Waals surface area (Å²) in [6.45, 7) is 3.48. The van der Waals surface area contributed by atoms with E-state index in [-0.39, 0.29) is 5.91 Å². The van der Waals surface area contributed by atoms with E-state index in [1.54, 1.807) is 32.0 Å². The predicted molar refractivity (Wildman–Crippen MR) is 83.1 cm³/mol. The molecule has 0 atom stereocenters. The standard InChI is InChI=1S/C16H13ClN2O3/c1-9-7-15(19-22-9)18-16(20)12-8-14(21-10(12)2)11-5-3-4-6-13(11)17/h3-8H,1-2H3,(H,18,19,20). The van der Waals surface area contributed by atoms with E-state index in [9.17, 15) is 4.79 Å². The minimum Gasteiger partial charge on any atom is -0.460 e. The number of aryl methyl sites for hydroxylation is 2. The third-order valence-corrected chi connectivity index (χ3v) is 3.50. The average Bonchev–Trinajstić information content (AvgIpc) is 3.05. The van der Waals surface area contributed by atoms with E-state index in [0.29, 0.717) is 33.7 Å². The summed E-state index contributed by atoms with van der Waals surface area (Å²) in [6, 6.07) is 10.6. The number of nitrogens with one attached hydrogen (secondary N) is 1. The molecule has 0 saturated carbocycles. The molecule has 0 aliphatic heterocycles. The van der Waals surface area contributed by atoms with Crippen LogP contribution in [-0.2, 0) is 0 Å². The van der Waals surface area contributed by atoms with Gasteiger partial charge >= 0.3 is 0 Å². The van der Waals surface area contributed by atoms with Crippen LogP contribution in [0.5, 0.6) is 0 Å². The molecule has 0 aliphatic carbocycles. The van der Waals surface area contributed by atoms with Crippen LogP contribution < -0.4 is 5.32 Å². The van der Waals surface area contributed by atoms with Gasteiger partial charge in [-0.1, -0.05) is 28.9 Å². The zero-order chi connectivity index (χ0) is 15.7. The SMILES string of the molecule is Cc1cc(NC(=O)c2cc(-c3ccccc3Cl)oc2C)no1. The highest BCUT2D eigenvalue weighted by atomic mass is 35.5. The second kappa shape index (κ2) is 5.69. The van der Waals surface area contributed by atoms with Crippen LogP contribution in [0.2, 0.25) is 5.02 Å². The monoisotopic (exact) mass is 316 g/mol. The number of hydrogen-bond donors (Lipinski definition) is 1. The molecule has 1 aromatic carbocycles. The fourth-order valence-corrected chi connectivity index (χ4v) is 2.34. The lowest BCUT2D eigenvalue weighted by Gasteiger charge is -1.98. The van der Waals surface area contributed by atoms with Crippen molar-refractivity contribution >= 4 is 23.3 Å². The van der Waals surface area contributed by atoms with Gasteiger partial charge in [0.25, 0.3) is 5.91 Å². The lowest BCUT2D eigenvalue weighted by Crippen LogP contribution is -2.12. The highest BCUT2D eigenvalue weighted by molar-refractivity contribution is 6.33. The van der Waals surface area contributed by atoms with Crippen molar-refractivity contribution in [3.63, 3.8) is 0 Å². The maximum Gasteiger partial charge on any atom is 0.260 e. The number of rotatable bonds is 3. The fourth-order valence-electron chi connectivity index (χ4n) is 2.11. The van der Waals surface area contributed by atoms with Crippen LogP contribution in [0, 0.1) is 13.8 Å². The van der Waals surface area contributed by atoms with E-state index in [0.717, 1.165) is 5.56 Å². The van der Waals surface area contributed by atoms with Gasteiger partial charge in [-0.05, 0) is 32.0 Å². The quantitative estimate of drug-likeness (QED) is 0.774. The minimum absolute atomic E-state index is 0.312. The van der Waals surface area contributed by atoms with Crippen molar-refractivity contribution in [1.29, 1.82) is 0 Å². The summed E-state index contributed by atoms with van der Waals surface area (Å²) >= 11 is 6.15. The third-order valence-electron chi connectivity index (χ3n) is 3.17. The summed E-state index contributed by atoms with van der Waals surface area (Å²) in [4.78, 5) is 12.3. The third kappa shape index (κ3) is 2.76. The molecule has 6 heteroatoms. The van der Waals surface area contributed by atoms with Gasteiger partial charge in [0.15, 0.2) is 5.82 Å². The molecule has 5 nitrogen and oxygen atoms in total. The number of carbonyl (C=O) groups is 1. The van der Waals surface area contributed by atoms with Crippen molar-refractivity contribution in [3.8, 4) is 11.3 Å². The molecule has 1 N–H and O–H groups in total. The number of amides is 1. The van der Waals surface area contributed by atoms with Crippen LogP contribution >= 0.6 is 11.6 Å². The van der Waals surface area contributed by atoms with Gasteiger partial charge in [-0.15, -0.1) is 0 Å². The Labute approximate surface area is 131 Å². The largest absolute Gasteiger partial charge is 0.460 e. The van der Waals surface area contributed by atoms with Gasteiger partial charge in [-0.2, -0.15) is 0 Å². The first-order valence-electron chi connectivity index (χ1n) is 6.64. The highest BCUT2D eigenvalue weighted by Crippen LogP contribution is 2.31. The van der Waals surface area contributed by atoms with Crippen LogP contribution in [-0.4, -0.2) is 11.1 Å². The topological polar surface area (TPSA) is 68.3 Å². The van der Waals surface area contributed by atoms with Gasteiger partial charge in [-0.25, -0.2) is 0 Å². The summed E-state index contributed by atoms with van der Waals surface area (Å²) in [5.41, 5.74) is 1.17. The van der Waals surface area contributed by atoms with E-state index in [2.05, 4.69) is 10.5 Å². The number of hydrogen-bond acceptors (Lipinski definition) is 4. The Morgan fingerprint density at radius 1 is 1.23 bits per heavy atom. The summed E-state index contributed by atoms with van der Waals surface area (Å²) < 4.78 is 10.6. The number of anilines is 1. The van der Waals surface area contributed by atoms with Crippen molar-refractivity contribution in [1.82, 2.24) is 5.16 Å². The number of carbonyl (C=O) groups excluding carboxylic acids is 1. The van der Waals surface area contributed by atoms with E-state index in [4.69, 9.17) is 20.5 Å². The first-order valence-corrected chi connectivity index (χ1v) is 7.02. The maximum absolute atomic E-state index is 12.3. The molecular formula is C16H13ClN2O3. The Balaban J connectivity index is 1.89. The Hall–Kier alpha value is -2.53. The Morgan fingerprint density at radius 2 is 2.00 bits per heavy atom. The molecule has 3 aromatic rings. The van der Waals surface area contributed by atoms with Crippen LogP contribution in [0.1, 0.15) is 21.9 Å². The molecule has 0 spiro atoms. The molecule has 112 valence electrons. The summed E-state index contributed by atoms with van der Waals surface area (Å²) in [7, 11) is 0. The molecular weight excluding hydrogens is 304 g/mol. The van der Waals surface area contributed by atoms with Crippen LogP contribution in [0.4, 0.5) is 5.82 Å². The second-order valence-electron chi connectivity index (χ2n) is 4.84. The molecule has 2 heterocycles. The van der Waals surface area contributed by atoms with Crippen molar-refractivity contribution in [2.45, 2.75) is 13.8 Å². The number of halogens is 1. The Bertz CT molecular complexity index is 836. The molecule has 2 aromatic heterocycles. The zero-order valence-electron chi connectivity index (χ0n) is 12.0. The molecule has 3 rings (SSSR count). The molecule has 1 amide bonds. The second-order valence-corrected chi connectivity index (χ2v) is 5.24. The molecule has 0 fully saturated rings. The molecule has 0 saturated heterocycles. The fraction of sp³-hybridized carbons (Fsp3) is 0.125. The van der Waals surface area contributed by atoms with Gasteiger partial charge in [0, 0.05) is 11.6 Å².